The monoisotopic (exact) mass is 987 g/mol. The molecule has 1 heterocycles. The normalized spacial score (nSPS) is 26.3. The molecule has 70 heavy (non-hydrogen) atoms. The van der Waals surface area contributed by atoms with E-state index in [1.807, 2.05) is 43.3 Å². The molecular weight excluding hydrogens is 923 g/mol. The summed E-state index contributed by atoms with van der Waals surface area (Å²) in [5.74, 6) is -16.7. The summed E-state index contributed by atoms with van der Waals surface area (Å²) in [4.78, 5) is 143. The van der Waals surface area contributed by atoms with Gasteiger partial charge in [-0.1, -0.05) is 74.9 Å². The van der Waals surface area contributed by atoms with Crippen molar-refractivity contribution in [2.75, 3.05) is 20.8 Å². The number of rotatable bonds is 15. The smallest absolute Gasteiger partial charge is 0.327 e. The largest absolute Gasteiger partial charge is 0.481 e. The second kappa shape index (κ2) is 29.0. The van der Waals surface area contributed by atoms with Gasteiger partial charge in [-0.3, -0.25) is 43.2 Å². The van der Waals surface area contributed by atoms with Gasteiger partial charge in [-0.2, -0.15) is 0 Å². The number of allylic oxidation sites excluding steroid dienone is 2. The molecule has 0 radical (unpaired) electrons. The molecule has 11 atom stereocenters. The van der Waals surface area contributed by atoms with E-state index in [-0.39, 0.29) is 12.0 Å². The van der Waals surface area contributed by atoms with Crippen LogP contribution in [0.4, 0.5) is 0 Å². The molecule has 0 saturated carbocycles. The van der Waals surface area contributed by atoms with Gasteiger partial charge in [-0.05, 0) is 38.7 Å². The quantitative estimate of drug-likeness (QED) is 0.0700. The molecule has 1 aliphatic rings. The van der Waals surface area contributed by atoms with Gasteiger partial charge in [-0.15, -0.1) is 0 Å². The number of aliphatic carboxylic acids is 3. The number of hydrogen-bond acceptors (Lipinski definition) is 14. The molecule has 24 heteroatoms. The van der Waals surface area contributed by atoms with Crippen LogP contribution >= 0.6 is 0 Å². The Morgan fingerprint density at radius 2 is 1.33 bits per heavy atom. The lowest BCUT2D eigenvalue weighted by molar-refractivity contribution is -0.147. The van der Waals surface area contributed by atoms with Crippen molar-refractivity contribution >= 4 is 65.2 Å². The fourth-order valence-electron chi connectivity index (χ4n) is 7.01. The molecule has 1 aromatic carbocycles. The number of aliphatic hydroxyl groups is 1. The van der Waals surface area contributed by atoms with Gasteiger partial charge in [0.2, 0.25) is 41.4 Å². The van der Waals surface area contributed by atoms with Crippen molar-refractivity contribution in [2.24, 2.45) is 17.8 Å². The number of esters is 1. The van der Waals surface area contributed by atoms with Crippen molar-refractivity contribution in [2.45, 2.75) is 122 Å². The Kier molecular flexibility index (Phi) is 24.4. The number of carboxylic acids is 3. The van der Waals surface area contributed by atoms with Crippen LogP contribution in [0.25, 0.3) is 0 Å². The molecule has 0 aliphatic carbocycles. The van der Waals surface area contributed by atoms with Crippen LogP contribution in [-0.2, 0) is 68.6 Å². The summed E-state index contributed by atoms with van der Waals surface area (Å²) in [6, 6.07) is -2.39. The Bertz CT molecular complexity index is 2120. The fraction of sp³-hybridized carbons (Fsp3) is 0.543. The van der Waals surface area contributed by atoms with Gasteiger partial charge >= 0.3 is 23.9 Å². The number of methoxy groups -OCH3 is 2. The standard InChI is InChI=1S/C46H65N7O17/c1-23(19-24(2)34(69-6)20-28-11-9-8-10-12-28)13-14-29-25(3)39(59)51-31(45(65)66)15-17-35(55)48-33(22-54)44(64)47-27(5)41(61)50-30(16-18-36(56)57)42(62)53-38(46(67)68)26(4)40(60)52-32(43(63)49-29)21-37(58)70-7/h8-14,19,24-27,29-34,38,54H,15-18,20-22H2,1-7H3,(H,47,64)(H,48,55)(H,49,63)(H,50,61)(H,51,59)(H,52,60)(H,53,62)(H,56,57)(H,65,66)(H,67,68)/b14-13+,23-19+/t24-,25-,26-,27+,29?,30-,31+,32?,33?,34-,38?/m0/s1. The average molecular weight is 988 g/mol. The molecule has 4 unspecified atom stereocenters. The lowest BCUT2D eigenvalue weighted by Gasteiger charge is -2.28. The Labute approximate surface area is 404 Å². The number of hydrogen-bond donors (Lipinski definition) is 11. The molecule has 2 rings (SSSR count). The minimum Gasteiger partial charge on any atom is -0.481 e. The molecule has 0 bridgehead atoms. The predicted molar refractivity (Wildman–Crippen MR) is 246 cm³/mol. The van der Waals surface area contributed by atoms with Gasteiger partial charge < -0.3 is 67.1 Å². The number of amides is 7. The van der Waals surface area contributed by atoms with E-state index >= 15 is 0 Å². The number of carbonyl (C=O) groups is 11. The van der Waals surface area contributed by atoms with E-state index in [2.05, 4.69) is 37.2 Å². The molecule has 11 N–H and O–H groups in total. The van der Waals surface area contributed by atoms with Crippen molar-refractivity contribution in [1.82, 2.24) is 37.2 Å². The maximum atomic E-state index is 14.1. The van der Waals surface area contributed by atoms with Crippen LogP contribution in [0.5, 0.6) is 0 Å². The van der Waals surface area contributed by atoms with E-state index in [4.69, 9.17) is 9.47 Å². The van der Waals surface area contributed by atoms with Crippen molar-refractivity contribution in [3.63, 3.8) is 0 Å². The number of benzene rings is 1. The summed E-state index contributed by atoms with van der Waals surface area (Å²) in [5, 5.41) is 55.3. The molecular formula is C46H65N7O17. The molecule has 7 amide bonds. The first-order valence-electron chi connectivity index (χ1n) is 22.3. The third-order valence-electron chi connectivity index (χ3n) is 11.4. The topological polar surface area (TPSA) is 371 Å². The highest BCUT2D eigenvalue weighted by Crippen LogP contribution is 2.18. The predicted octanol–water partition coefficient (Wildman–Crippen LogP) is -1.55. The highest BCUT2D eigenvalue weighted by molar-refractivity contribution is 5.97. The first kappa shape index (κ1) is 58.9. The summed E-state index contributed by atoms with van der Waals surface area (Å²) >= 11 is 0. The Hall–Kier alpha value is -7.21. The van der Waals surface area contributed by atoms with Gasteiger partial charge in [0.05, 0.1) is 44.1 Å². The first-order chi connectivity index (χ1) is 32.9. The molecule has 386 valence electrons. The van der Waals surface area contributed by atoms with E-state index in [9.17, 15) is 73.2 Å². The van der Waals surface area contributed by atoms with Crippen LogP contribution in [0.3, 0.4) is 0 Å². The molecule has 1 saturated heterocycles. The summed E-state index contributed by atoms with van der Waals surface area (Å²) in [5.41, 5.74) is 1.66. The van der Waals surface area contributed by atoms with Crippen LogP contribution in [0.1, 0.15) is 72.3 Å². The van der Waals surface area contributed by atoms with E-state index in [1.165, 1.54) is 13.0 Å². The third kappa shape index (κ3) is 19.4. The van der Waals surface area contributed by atoms with Gasteiger partial charge in [0.1, 0.15) is 36.3 Å². The maximum absolute atomic E-state index is 14.1. The molecule has 0 spiro atoms. The Morgan fingerprint density at radius 3 is 1.90 bits per heavy atom. The van der Waals surface area contributed by atoms with Crippen LogP contribution < -0.4 is 37.2 Å². The van der Waals surface area contributed by atoms with E-state index < -0.39 is 158 Å². The van der Waals surface area contributed by atoms with E-state index in [0.29, 0.717) is 12.0 Å². The highest BCUT2D eigenvalue weighted by Gasteiger charge is 2.38. The Morgan fingerprint density at radius 1 is 0.729 bits per heavy atom. The van der Waals surface area contributed by atoms with Crippen molar-refractivity contribution in [3.05, 3.63) is 59.7 Å². The number of ether oxygens (including phenoxy) is 2. The molecule has 1 fully saturated rings. The van der Waals surface area contributed by atoms with Crippen LogP contribution in [-0.4, -0.2) is 155 Å². The van der Waals surface area contributed by atoms with Crippen molar-refractivity contribution in [3.8, 4) is 0 Å². The minimum atomic E-state index is -2.11. The SMILES string of the molecule is COC(=O)CC1NC(=O)[C@@H](C)C(C(=O)O)NC(=O)[C@H](CCC(=O)O)NC(=O)[C@@H](C)NC(=O)C(CO)NC(=O)CC[C@H](C(=O)O)NC(=O)[C@@H](C)C(/C=C/C(C)=C/[C@H](C)[C@H](Cc2ccccc2)OC)NC1=O. The van der Waals surface area contributed by atoms with Gasteiger partial charge in [0.15, 0.2) is 0 Å². The molecule has 1 aliphatic heterocycles. The Balaban J connectivity index is 2.70. The third-order valence-corrected chi connectivity index (χ3v) is 11.4. The van der Waals surface area contributed by atoms with Crippen LogP contribution in [0, 0.1) is 17.8 Å². The first-order valence-corrected chi connectivity index (χ1v) is 22.3. The lowest BCUT2D eigenvalue weighted by atomic mass is 9.94. The average Bonchev–Trinajstić information content (AvgIpc) is 3.31. The fourth-order valence-corrected chi connectivity index (χ4v) is 7.01. The second-order valence-corrected chi connectivity index (χ2v) is 16.8. The summed E-state index contributed by atoms with van der Waals surface area (Å²) in [6.07, 6.45) is 1.80. The van der Waals surface area contributed by atoms with E-state index in [1.54, 1.807) is 20.1 Å². The lowest BCUT2D eigenvalue weighted by Crippen LogP contribution is -2.59. The van der Waals surface area contributed by atoms with Crippen LogP contribution in [0.2, 0.25) is 0 Å². The zero-order valence-electron chi connectivity index (χ0n) is 40.0. The number of carboxylic acid groups (broad SMARTS) is 3. The molecule has 1 aromatic rings. The maximum Gasteiger partial charge on any atom is 0.327 e. The van der Waals surface area contributed by atoms with Gasteiger partial charge in [0.25, 0.3) is 0 Å². The zero-order chi connectivity index (χ0) is 52.8. The van der Waals surface area contributed by atoms with Gasteiger partial charge in [-0.25, -0.2) is 9.59 Å². The van der Waals surface area contributed by atoms with Crippen molar-refractivity contribution < 1.29 is 82.6 Å². The van der Waals surface area contributed by atoms with E-state index in [0.717, 1.165) is 26.5 Å². The number of nitrogens with one attached hydrogen (secondary N) is 7. The molecule has 24 nitrogen and oxygen atoms in total. The minimum absolute atomic E-state index is 0.176. The van der Waals surface area contributed by atoms with Gasteiger partial charge in [0, 0.05) is 25.9 Å². The summed E-state index contributed by atoms with van der Waals surface area (Å²) < 4.78 is 10.5. The highest BCUT2D eigenvalue weighted by atomic mass is 16.5. The van der Waals surface area contributed by atoms with Crippen LogP contribution in [0.15, 0.2) is 54.1 Å². The summed E-state index contributed by atoms with van der Waals surface area (Å²) in [7, 11) is 2.56. The summed E-state index contributed by atoms with van der Waals surface area (Å²) in [6.45, 7) is 6.15. The number of carbonyl (C=O) groups excluding carboxylic acids is 8. The van der Waals surface area contributed by atoms with Crippen molar-refractivity contribution in [1.29, 1.82) is 0 Å². The molecule has 0 aromatic heterocycles. The zero-order valence-corrected chi connectivity index (χ0v) is 40.0. The number of aliphatic hydroxyl groups excluding tert-OH is 1. The second-order valence-electron chi connectivity index (χ2n) is 16.8.